The second kappa shape index (κ2) is 10.1. The molecule has 1 aromatic heterocycles. The molecule has 0 bridgehead atoms. The van der Waals surface area contributed by atoms with Crippen molar-refractivity contribution in [3.63, 3.8) is 0 Å². The van der Waals surface area contributed by atoms with Gasteiger partial charge in [-0.15, -0.1) is 0 Å². The number of carboxylic acid groups (broad SMARTS) is 1. The zero-order valence-electron chi connectivity index (χ0n) is 17.8. The second-order valence-electron chi connectivity index (χ2n) is 7.67. The first kappa shape index (κ1) is 23.2. The number of aryl methyl sites for hydroxylation is 1. The molecular weight excluding hydrogens is 390 g/mol. The SMILES string of the molecule is CCn1cc(C(=O)O)c(=O)c2cc(OCCNCCNC(=O)OC(C)(C)C)ccc21. The van der Waals surface area contributed by atoms with E-state index in [9.17, 15) is 19.5 Å². The Bertz CT molecular complexity index is 962. The molecule has 1 amide bonds. The van der Waals surface area contributed by atoms with Crippen LogP contribution in [0.4, 0.5) is 4.79 Å². The van der Waals surface area contributed by atoms with Crippen molar-refractivity contribution in [1.29, 1.82) is 0 Å². The molecule has 0 radical (unpaired) electrons. The number of alkyl carbamates (subject to hydrolysis) is 1. The number of hydrogen-bond donors (Lipinski definition) is 3. The van der Waals surface area contributed by atoms with Crippen LogP contribution < -0.4 is 20.8 Å². The highest BCUT2D eigenvalue weighted by Crippen LogP contribution is 2.19. The quantitative estimate of drug-likeness (QED) is 0.533. The predicted molar refractivity (Wildman–Crippen MR) is 113 cm³/mol. The number of fused-ring (bicyclic) bond motifs is 1. The molecule has 9 heteroatoms. The zero-order chi connectivity index (χ0) is 22.3. The number of aromatic nitrogens is 1. The summed E-state index contributed by atoms with van der Waals surface area (Å²) in [4.78, 5) is 35.3. The largest absolute Gasteiger partial charge is 0.492 e. The molecule has 1 heterocycles. The van der Waals surface area contributed by atoms with Crippen LogP contribution in [-0.4, -0.2) is 53.6 Å². The van der Waals surface area contributed by atoms with E-state index >= 15 is 0 Å². The van der Waals surface area contributed by atoms with Gasteiger partial charge in [0.15, 0.2) is 0 Å². The van der Waals surface area contributed by atoms with Gasteiger partial charge in [0.05, 0.1) is 10.9 Å². The summed E-state index contributed by atoms with van der Waals surface area (Å²) in [6.45, 7) is 9.66. The van der Waals surface area contributed by atoms with E-state index in [4.69, 9.17) is 9.47 Å². The Morgan fingerprint density at radius 2 is 1.90 bits per heavy atom. The van der Waals surface area contributed by atoms with Crippen molar-refractivity contribution in [3.05, 3.63) is 40.2 Å². The number of benzene rings is 1. The van der Waals surface area contributed by atoms with Gasteiger partial charge in [-0.1, -0.05) is 0 Å². The number of hydrogen-bond acceptors (Lipinski definition) is 6. The molecule has 0 fully saturated rings. The van der Waals surface area contributed by atoms with Crippen LogP contribution in [0.3, 0.4) is 0 Å². The van der Waals surface area contributed by atoms with E-state index < -0.39 is 23.1 Å². The summed E-state index contributed by atoms with van der Waals surface area (Å²) in [6, 6.07) is 5.07. The third kappa shape index (κ3) is 6.48. The Morgan fingerprint density at radius 3 is 2.53 bits per heavy atom. The van der Waals surface area contributed by atoms with Crippen LogP contribution in [0.25, 0.3) is 10.9 Å². The van der Waals surface area contributed by atoms with Crippen molar-refractivity contribution in [1.82, 2.24) is 15.2 Å². The number of amides is 1. The van der Waals surface area contributed by atoms with Crippen LogP contribution in [0.5, 0.6) is 5.75 Å². The molecular formula is C21H29N3O6. The summed E-state index contributed by atoms with van der Waals surface area (Å²) in [6.07, 6.45) is 0.901. The molecule has 0 aliphatic carbocycles. The van der Waals surface area contributed by atoms with Gasteiger partial charge in [-0.25, -0.2) is 9.59 Å². The number of carbonyl (C=O) groups is 2. The Kier molecular flexibility index (Phi) is 7.82. The number of pyridine rings is 1. The first-order valence-corrected chi connectivity index (χ1v) is 9.83. The molecule has 3 N–H and O–H groups in total. The summed E-state index contributed by atoms with van der Waals surface area (Å²) in [5.41, 5.74) is -0.664. The van der Waals surface area contributed by atoms with Crippen LogP contribution in [0.15, 0.2) is 29.2 Å². The molecule has 0 atom stereocenters. The van der Waals surface area contributed by atoms with Gasteiger partial charge in [0, 0.05) is 32.4 Å². The highest BCUT2D eigenvalue weighted by atomic mass is 16.6. The summed E-state index contributed by atoms with van der Waals surface area (Å²) in [7, 11) is 0. The maximum absolute atomic E-state index is 12.5. The molecule has 1 aromatic carbocycles. The van der Waals surface area contributed by atoms with Crippen molar-refractivity contribution in [2.24, 2.45) is 0 Å². The van der Waals surface area contributed by atoms with E-state index in [0.717, 1.165) is 0 Å². The van der Waals surface area contributed by atoms with Crippen molar-refractivity contribution < 1.29 is 24.2 Å². The predicted octanol–water partition coefficient (Wildman–Crippen LogP) is 2.21. The number of nitrogens with one attached hydrogen (secondary N) is 2. The van der Waals surface area contributed by atoms with E-state index in [1.807, 2.05) is 6.92 Å². The fraction of sp³-hybridized carbons (Fsp3) is 0.476. The van der Waals surface area contributed by atoms with Crippen LogP contribution in [-0.2, 0) is 11.3 Å². The lowest BCUT2D eigenvalue weighted by Gasteiger charge is -2.19. The highest BCUT2D eigenvalue weighted by Gasteiger charge is 2.16. The van der Waals surface area contributed by atoms with Crippen LogP contribution in [0.2, 0.25) is 0 Å². The summed E-state index contributed by atoms with van der Waals surface area (Å²) in [5, 5.41) is 15.3. The van der Waals surface area contributed by atoms with Gasteiger partial charge in [0.1, 0.15) is 23.5 Å². The highest BCUT2D eigenvalue weighted by molar-refractivity contribution is 5.92. The normalized spacial score (nSPS) is 11.3. The fourth-order valence-corrected chi connectivity index (χ4v) is 2.81. The van der Waals surface area contributed by atoms with Gasteiger partial charge in [0.2, 0.25) is 5.43 Å². The third-order valence-electron chi connectivity index (χ3n) is 4.14. The third-order valence-corrected chi connectivity index (χ3v) is 4.14. The van der Waals surface area contributed by atoms with E-state index in [-0.39, 0.29) is 5.56 Å². The molecule has 0 saturated carbocycles. The van der Waals surface area contributed by atoms with Crippen LogP contribution in [0.1, 0.15) is 38.1 Å². The van der Waals surface area contributed by atoms with Gasteiger partial charge < -0.3 is 29.8 Å². The number of carboxylic acids is 1. The van der Waals surface area contributed by atoms with Crippen molar-refractivity contribution >= 4 is 23.0 Å². The lowest BCUT2D eigenvalue weighted by Crippen LogP contribution is -2.37. The van der Waals surface area contributed by atoms with Gasteiger partial charge in [-0.05, 0) is 45.9 Å². The van der Waals surface area contributed by atoms with E-state index in [1.165, 1.54) is 6.20 Å². The zero-order valence-corrected chi connectivity index (χ0v) is 17.8. The van der Waals surface area contributed by atoms with Crippen molar-refractivity contribution in [3.8, 4) is 5.75 Å². The minimum absolute atomic E-state index is 0.263. The summed E-state index contributed by atoms with van der Waals surface area (Å²) in [5.74, 6) is -0.766. The van der Waals surface area contributed by atoms with Crippen LogP contribution >= 0.6 is 0 Å². The minimum atomic E-state index is -1.25. The van der Waals surface area contributed by atoms with Crippen LogP contribution in [0, 0.1) is 0 Å². The van der Waals surface area contributed by atoms with Crippen molar-refractivity contribution in [2.45, 2.75) is 39.8 Å². The standard InChI is InChI=1S/C21H29N3O6/c1-5-24-13-16(19(26)27)18(25)15-12-14(6-7-17(15)24)29-11-10-22-8-9-23-20(28)30-21(2,3)4/h6-7,12-13,22H,5,8-11H2,1-4H3,(H,23,28)(H,26,27). The second-order valence-corrected chi connectivity index (χ2v) is 7.67. The molecule has 2 rings (SSSR count). The smallest absolute Gasteiger partial charge is 0.407 e. The molecule has 2 aromatic rings. The molecule has 0 unspecified atom stereocenters. The number of nitrogens with zero attached hydrogens (tertiary/aromatic N) is 1. The maximum Gasteiger partial charge on any atom is 0.407 e. The fourth-order valence-electron chi connectivity index (χ4n) is 2.81. The Hall–Kier alpha value is -3.07. The Balaban J connectivity index is 1.87. The number of aromatic carboxylic acids is 1. The van der Waals surface area contributed by atoms with Gasteiger partial charge >= 0.3 is 12.1 Å². The topological polar surface area (TPSA) is 119 Å². The van der Waals surface area contributed by atoms with Gasteiger partial charge in [-0.3, -0.25) is 4.79 Å². The van der Waals surface area contributed by atoms with Gasteiger partial charge in [0.25, 0.3) is 0 Å². The first-order chi connectivity index (χ1) is 14.1. The number of rotatable bonds is 9. The average Bonchev–Trinajstić information content (AvgIpc) is 2.66. The minimum Gasteiger partial charge on any atom is -0.492 e. The van der Waals surface area contributed by atoms with E-state index in [0.29, 0.717) is 49.4 Å². The molecule has 0 aliphatic rings. The molecule has 0 spiro atoms. The van der Waals surface area contributed by atoms with Crippen molar-refractivity contribution in [2.75, 3.05) is 26.2 Å². The first-order valence-electron chi connectivity index (χ1n) is 9.83. The Labute approximate surface area is 175 Å². The summed E-state index contributed by atoms with van der Waals surface area (Å²) >= 11 is 0. The molecule has 0 saturated heterocycles. The lowest BCUT2D eigenvalue weighted by molar-refractivity contribution is 0.0527. The van der Waals surface area contributed by atoms with E-state index in [2.05, 4.69) is 10.6 Å². The molecule has 0 aliphatic heterocycles. The Morgan fingerprint density at radius 1 is 1.17 bits per heavy atom. The lowest BCUT2D eigenvalue weighted by atomic mass is 10.1. The molecule has 30 heavy (non-hydrogen) atoms. The molecule has 9 nitrogen and oxygen atoms in total. The van der Waals surface area contributed by atoms with E-state index in [1.54, 1.807) is 43.5 Å². The van der Waals surface area contributed by atoms with Gasteiger partial charge in [-0.2, -0.15) is 0 Å². The maximum atomic E-state index is 12.5. The number of carbonyl (C=O) groups excluding carboxylic acids is 1. The molecule has 164 valence electrons. The number of ether oxygens (including phenoxy) is 2. The average molecular weight is 419 g/mol. The monoisotopic (exact) mass is 419 g/mol. The summed E-state index contributed by atoms with van der Waals surface area (Å²) < 4.78 is 12.5.